The molecule has 0 spiro atoms. The lowest BCUT2D eigenvalue weighted by Crippen LogP contribution is -2.43. The number of amides is 2. The minimum absolute atomic E-state index is 0.194. The van der Waals surface area contributed by atoms with Gasteiger partial charge in [0.25, 0.3) is 0 Å². The molecule has 9 heteroatoms. The highest BCUT2D eigenvalue weighted by Crippen LogP contribution is 2.35. The number of carbonyl (C=O) groups excluding carboxylic acids is 2. The fourth-order valence-electron chi connectivity index (χ4n) is 3.24. The Morgan fingerprint density at radius 2 is 1.82 bits per heavy atom. The fourth-order valence-corrected chi connectivity index (χ4v) is 3.71. The normalized spacial score (nSPS) is 16.8. The number of nitrogens with zero attached hydrogens (tertiary/aromatic N) is 2. The van der Waals surface area contributed by atoms with E-state index in [2.05, 4.69) is 17.5 Å². The maximum Gasteiger partial charge on any atom is 0.314 e. The summed E-state index contributed by atoms with van der Waals surface area (Å²) in [5.74, 6) is 0.701. The van der Waals surface area contributed by atoms with Crippen LogP contribution in [0.15, 0.2) is 12.1 Å². The zero-order valence-corrected chi connectivity index (χ0v) is 17.8. The number of primary amides is 1. The van der Waals surface area contributed by atoms with Gasteiger partial charge in [-0.05, 0) is 25.3 Å². The molecule has 0 unspecified atom stereocenters. The number of ether oxygens (including phenoxy) is 2. The second kappa shape index (κ2) is 11.4. The number of morpholine rings is 1. The molecule has 0 aliphatic carbocycles. The maximum absolute atomic E-state index is 11.1. The van der Waals surface area contributed by atoms with Crippen LogP contribution in [-0.2, 0) is 16.0 Å². The van der Waals surface area contributed by atoms with Gasteiger partial charge in [0, 0.05) is 44.2 Å². The number of piperidine rings is 1. The Balaban J connectivity index is 0.000000261. The molecule has 2 saturated heterocycles. The smallest absolute Gasteiger partial charge is 0.314 e. The number of methoxy groups -OCH3 is 1. The van der Waals surface area contributed by atoms with Crippen molar-refractivity contribution in [3.8, 4) is 5.75 Å². The van der Waals surface area contributed by atoms with Crippen molar-refractivity contribution in [2.45, 2.75) is 25.7 Å². The molecule has 0 atom stereocenters. The van der Waals surface area contributed by atoms with Crippen molar-refractivity contribution in [2.24, 2.45) is 5.73 Å². The van der Waals surface area contributed by atoms with E-state index in [1.807, 2.05) is 12.1 Å². The van der Waals surface area contributed by atoms with Crippen LogP contribution >= 0.6 is 24.2 Å². The Kier molecular flexibility index (Phi) is 9.21. The van der Waals surface area contributed by atoms with E-state index < -0.39 is 0 Å². The highest BCUT2D eigenvalue weighted by atomic mass is 35.5. The van der Waals surface area contributed by atoms with E-state index in [1.165, 1.54) is 19.3 Å². The van der Waals surface area contributed by atoms with Gasteiger partial charge in [-0.1, -0.05) is 11.6 Å². The zero-order chi connectivity index (χ0) is 20.5. The van der Waals surface area contributed by atoms with Crippen LogP contribution < -0.4 is 15.4 Å². The summed E-state index contributed by atoms with van der Waals surface area (Å²) in [6, 6.07) is 3.40. The lowest BCUT2D eigenvalue weighted by molar-refractivity contribution is -0.110. The number of carbonyl (C=O) groups is 2. The van der Waals surface area contributed by atoms with Crippen molar-refractivity contribution in [3.63, 3.8) is 0 Å². The molecule has 28 heavy (non-hydrogen) atoms. The van der Waals surface area contributed by atoms with Gasteiger partial charge in [0.15, 0.2) is 5.12 Å². The quantitative estimate of drug-likeness (QED) is 0.719. The molecule has 3 rings (SSSR count). The lowest BCUT2D eigenvalue weighted by atomic mass is 10.1. The maximum atomic E-state index is 11.1. The number of rotatable bonds is 4. The van der Waals surface area contributed by atoms with E-state index in [1.54, 1.807) is 12.0 Å². The van der Waals surface area contributed by atoms with Crippen LogP contribution in [0.3, 0.4) is 0 Å². The number of benzene rings is 1. The molecular weight excluding hydrogens is 402 g/mol. The fraction of sp³-hybridized carbons (Fsp3) is 0.579. The summed E-state index contributed by atoms with van der Waals surface area (Å²) in [6.07, 6.45) is 3.88. The van der Waals surface area contributed by atoms with Gasteiger partial charge in [-0.3, -0.25) is 4.79 Å². The molecule has 2 amide bonds. The lowest BCUT2D eigenvalue weighted by Gasteiger charge is -2.30. The summed E-state index contributed by atoms with van der Waals surface area (Å²) in [5.41, 5.74) is 6.78. The predicted molar refractivity (Wildman–Crippen MR) is 114 cm³/mol. The van der Waals surface area contributed by atoms with Crippen molar-refractivity contribution < 1.29 is 19.1 Å². The van der Waals surface area contributed by atoms with Crippen LogP contribution in [0.5, 0.6) is 5.75 Å². The topological polar surface area (TPSA) is 85.1 Å². The molecule has 2 heterocycles. The van der Waals surface area contributed by atoms with Crippen molar-refractivity contribution in [1.82, 2.24) is 4.90 Å². The van der Waals surface area contributed by atoms with Gasteiger partial charge in [-0.25, -0.2) is 4.79 Å². The van der Waals surface area contributed by atoms with E-state index in [9.17, 15) is 9.59 Å². The highest BCUT2D eigenvalue weighted by Gasteiger charge is 2.17. The number of nitrogens with two attached hydrogens (primary N) is 1. The van der Waals surface area contributed by atoms with Gasteiger partial charge >= 0.3 is 6.03 Å². The van der Waals surface area contributed by atoms with Crippen LogP contribution in [0.25, 0.3) is 0 Å². The zero-order valence-electron chi connectivity index (χ0n) is 16.2. The molecule has 0 saturated carbocycles. The molecule has 7 nitrogen and oxygen atoms in total. The molecular formula is C19H28ClN3O4S. The van der Waals surface area contributed by atoms with Gasteiger partial charge in [-0.15, -0.1) is 12.6 Å². The molecule has 0 bridgehead atoms. The number of halogens is 1. The first-order valence-corrected chi connectivity index (χ1v) is 10.2. The van der Waals surface area contributed by atoms with Gasteiger partial charge in [0.1, 0.15) is 5.75 Å². The summed E-state index contributed by atoms with van der Waals surface area (Å²) in [4.78, 5) is 25.4. The summed E-state index contributed by atoms with van der Waals surface area (Å²) >= 11 is 10.2. The molecule has 0 radical (unpaired) electrons. The van der Waals surface area contributed by atoms with E-state index in [0.717, 1.165) is 24.3 Å². The van der Waals surface area contributed by atoms with Crippen molar-refractivity contribution in [1.29, 1.82) is 0 Å². The van der Waals surface area contributed by atoms with Crippen LogP contribution in [0.4, 0.5) is 10.5 Å². The molecule has 0 aromatic heterocycles. The molecule has 2 fully saturated rings. The molecule has 2 N–H and O–H groups in total. The second-order valence-electron chi connectivity index (χ2n) is 6.67. The molecule has 2 aliphatic heterocycles. The summed E-state index contributed by atoms with van der Waals surface area (Å²) in [5, 5.41) is 0.479. The number of urea groups is 1. The summed E-state index contributed by atoms with van der Waals surface area (Å²) in [7, 11) is 1.61. The van der Waals surface area contributed by atoms with E-state index in [4.69, 9.17) is 26.8 Å². The molecule has 1 aromatic carbocycles. The molecule has 1 aromatic rings. The molecule has 156 valence electrons. The standard InChI is InChI=1S/C14H18ClNO2S.C5H10N2O2/c1-18-13-9-12(16-5-3-2-4-6-16)11(15)7-10(13)8-14(17)19;6-5(8)7-1-3-9-4-2-7/h7,9H,2-6,8H2,1H3,(H,17,19);1-4H2,(H2,6,8). The Hall–Kier alpha value is -1.64. The Morgan fingerprint density at radius 1 is 1.18 bits per heavy atom. The van der Waals surface area contributed by atoms with Gasteiger partial charge in [-0.2, -0.15) is 0 Å². The SMILES string of the molecule is COc1cc(N2CCCCC2)c(Cl)cc1CC(=O)S.NC(=O)N1CCOCC1. The third-order valence-corrected chi connectivity index (χ3v) is 5.17. The Labute approximate surface area is 176 Å². The first-order chi connectivity index (χ1) is 13.4. The van der Waals surface area contributed by atoms with Crippen molar-refractivity contribution >= 4 is 41.1 Å². The van der Waals surface area contributed by atoms with E-state index in [0.29, 0.717) is 37.1 Å². The van der Waals surface area contributed by atoms with Gasteiger partial charge < -0.3 is 25.0 Å². The van der Waals surface area contributed by atoms with Crippen LogP contribution in [-0.4, -0.2) is 62.5 Å². The summed E-state index contributed by atoms with van der Waals surface area (Å²) < 4.78 is 10.4. The van der Waals surface area contributed by atoms with Crippen molar-refractivity contribution in [2.75, 3.05) is 51.4 Å². The van der Waals surface area contributed by atoms with E-state index >= 15 is 0 Å². The number of anilines is 1. The third-order valence-electron chi connectivity index (χ3n) is 4.71. The van der Waals surface area contributed by atoms with Gasteiger partial charge in [0.2, 0.25) is 0 Å². The van der Waals surface area contributed by atoms with Crippen LogP contribution in [0.1, 0.15) is 24.8 Å². The third kappa shape index (κ3) is 6.76. The minimum atomic E-state index is -0.349. The average molecular weight is 430 g/mol. The largest absolute Gasteiger partial charge is 0.496 e. The molecule has 2 aliphatic rings. The first-order valence-electron chi connectivity index (χ1n) is 9.37. The van der Waals surface area contributed by atoms with Crippen LogP contribution in [0.2, 0.25) is 5.02 Å². The average Bonchev–Trinajstić information content (AvgIpc) is 2.69. The Morgan fingerprint density at radius 3 is 2.32 bits per heavy atom. The van der Waals surface area contributed by atoms with Gasteiger partial charge in [0.05, 0.1) is 31.0 Å². The Bertz CT molecular complexity index is 677. The predicted octanol–water partition coefficient (Wildman–Crippen LogP) is 2.74. The first kappa shape index (κ1) is 22.6. The number of hydrogen-bond acceptors (Lipinski definition) is 5. The van der Waals surface area contributed by atoms with Crippen molar-refractivity contribution in [3.05, 3.63) is 22.7 Å². The monoisotopic (exact) mass is 429 g/mol. The van der Waals surface area contributed by atoms with Crippen LogP contribution in [0, 0.1) is 0 Å². The number of hydrogen-bond donors (Lipinski definition) is 2. The highest BCUT2D eigenvalue weighted by molar-refractivity contribution is 7.96. The minimum Gasteiger partial charge on any atom is -0.496 e. The summed E-state index contributed by atoms with van der Waals surface area (Å²) in [6.45, 7) is 4.54. The number of thiol groups is 1. The van der Waals surface area contributed by atoms with E-state index in [-0.39, 0.29) is 17.6 Å². The second-order valence-corrected chi connectivity index (χ2v) is 7.58.